The second-order valence-electron chi connectivity index (χ2n) is 11.7. The molecule has 7 heteroatoms. The van der Waals surface area contributed by atoms with Crippen LogP contribution < -0.4 is 9.47 Å². The molecule has 0 radical (unpaired) electrons. The van der Waals surface area contributed by atoms with E-state index < -0.39 is 17.7 Å². The average Bonchev–Trinajstić information content (AvgIpc) is 3.72. The number of carboxylic acid groups (broad SMARTS) is 1. The number of aliphatic carboxylic acids is 1. The van der Waals surface area contributed by atoms with E-state index in [0.29, 0.717) is 34.8 Å². The highest BCUT2D eigenvalue weighted by Gasteiger charge is 2.31. The molecule has 0 heterocycles. The SMILES string of the molecule is COc1ccc(F)c(-c2ccc(COc3cccc(C(CC(=O)O)CC4CC4)c3F)cc2[C@H](OC)C(C)(C)C)c1. The van der Waals surface area contributed by atoms with E-state index in [0.717, 1.165) is 24.0 Å². The molecule has 1 N–H and O–H groups in total. The summed E-state index contributed by atoms with van der Waals surface area (Å²) >= 11 is 0. The van der Waals surface area contributed by atoms with Gasteiger partial charge in [0, 0.05) is 12.7 Å². The zero-order valence-corrected chi connectivity index (χ0v) is 23.8. The lowest BCUT2D eigenvalue weighted by atomic mass is 9.81. The predicted molar refractivity (Wildman–Crippen MR) is 151 cm³/mol. The van der Waals surface area contributed by atoms with Crippen molar-refractivity contribution in [2.75, 3.05) is 14.2 Å². The van der Waals surface area contributed by atoms with Crippen molar-refractivity contribution < 1.29 is 32.9 Å². The first-order chi connectivity index (χ1) is 19.0. The molecule has 3 aromatic rings. The first kappa shape index (κ1) is 29.5. The summed E-state index contributed by atoms with van der Waals surface area (Å²) in [4.78, 5) is 11.5. The highest BCUT2D eigenvalue weighted by atomic mass is 19.1. The predicted octanol–water partition coefficient (Wildman–Crippen LogP) is 8.31. The van der Waals surface area contributed by atoms with Crippen LogP contribution in [0.1, 0.15) is 75.2 Å². The van der Waals surface area contributed by atoms with E-state index in [1.807, 2.05) is 39.0 Å². The summed E-state index contributed by atoms with van der Waals surface area (Å²) in [6.07, 6.45) is 2.29. The fourth-order valence-electron chi connectivity index (χ4n) is 5.35. The van der Waals surface area contributed by atoms with Crippen molar-refractivity contribution in [1.82, 2.24) is 0 Å². The Hall–Kier alpha value is -3.45. The van der Waals surface area contributed by atoms with Crippen LogP contribution in [0.25, 0.3) is 11.1 Å². The van der Waals surface area contributed by atoms with Crippen molar-refractivity contribution in [3.63, 3.8) is 0 Å². The molecule has 0 amide bonds. The van der Waals surface area contributed by atoms with Crippen LogP contribution in [-0.4, -0.2) is 25.3 Å². The molecule has 5 nitrogen and oxygen atoms in total. The zero-order valence-electron chi connectivity index (χ0n) is 23.8. The quantitative estimate of drug-likeness (QED) is 0.245. The maximum absolute atomic E-state index is 15.6. The highest BCUT2D eigenvalue weighted by molar-refractivity contribution is 5.71. The first-order valence-corrected chi connectivity index (χ1v) is 13.6. The topological polar surface area (TPSA) is 65.0 Å². The van der Waals surface area contributed by atoms with E-state index in [1.165, 1.54) is 13.2 Å². The number of rotatable bonds is 12. The van der Waals surface area contributed by atoms with E-state index in [2.05, 4.69) is 0 Å². The summed E-state index contributed by atoms with van der Waals surface area (Å²) < 4.78 is 47.8. The van der Waals surface area contributed by atoms with Crippen LogP contribution in [0.2, 0.25) is 0 Å². The van der Waals surface area contributed by atoms with Gasteiger partial charge in [0.05, 0.1) is 19.6 Å². The minimum atomic E-state index is -0.942. The van der Waals surface area contributed by atoms with Gasteiger partial charge in [-0.25, -0.2) is 8.78 Å². The van der Waals surface area contributed by atoms with Gasteiger partial charge in [-0.1, -0.05) is 57.9 Å². The van der Waals surface area contributed by atoms with Crippen molar-refractivity contribution >= 4 is 5.97 Å². The fourth-order valence-corrected chi connectivity index (χ4v) is 5.35. The van der Waals surface area contributed by atoms with Gasteiger partial charge < -0.3 is 19.3 Å². The summed E-state index contributed by atoms with van der Waals surface area (Å²) in [5.74, 6) is -1.17. The summed E-state index contributed by atoms with van der Waals surface area (Å²) in [5.41, 5.74) is 2.68. The number of hydrogen-bond donors (Lipinski definition) is 1. The largest absolute Gasteiger partial charge is 0.497 e. The molecule has 0 spiro atoms. The molecule has 1 fully saturated rings. The van der Waals surface area contributed by atoms with Crippen LogP contribution in [0.3, 0.4) is 0 Å². The minimum absolute atomic E-state index is 0.0705. The van der Waals surface area contributed by atoms with Crippen LogP contribution in [0.5, 0.6) is 11.5 Å². The maximum atomic E-state index is 15.6. The number of carboxylic acids is 1. The molecule has 1 unspecified atom stereocenters. The Morgan fingerprint density at radius 3 is 2.38 bits per heavy atom. The van der Waals surface area contributed by atoms with Gasteiger partial charge in [-0.05, 0) is 76.3 Å². The molecule has 40 heavy (non-hydrogen) atoms. The summed E-state index contributed by atoms with van der Waals surface area (Å²) in [6, 6.07) is 15.1. The van der Waals surface area contributed by atoms with Gasteiger partial charge in [0.15, 0.2) is 11.6 Å². The molecule has 3 aromatic carbocycles. The standard InChI is InChI=1S/C33H38F2O5/c1-33(2,3)32(39-5)27-16-21(11-13-25(27)26-18-23(38-4)12-14-28(26)34)19-40-29-8-6-7-24(31(29)35)22(17-30(36)37)15-20-9-10-20/h6-8,11-14,16,18,20,22,32H,9-10,15,17,19H2,1-5H3,(H,36,37)/t22?,32-/m0/s1. The normalized spacial score (nSPS) is 15.0. The number of halogens is 2. The van der Waals surface area contributed by atoms with Crippen LogP contribution in [-0.2, 0) is 16.1 Å². The second kappa shape index (κ2) is 12.4. The van der Waals surface area contributed by atoms with Crippen LogP contribution in [0, 0.1) is 23.0 Å². The summed E-state index contributed by atoms with van der Waals surface area (Å²) in [5, 5.41) is 9.40. The third kappa shape index (κ3) is 7.00. The van der Waals surface area contributed by atoms with Crippen molar-refractivity contribution in [3.8, 4) is 22.6 Å². The van der Waals surface area contributed by atoms with Gasteiger partial charge in [-0.2, -0.15) is 0 Å². The Labute approximate surface area is 235 Å². The van der Waals surface area contributed by atoms with E-state index >= 15 is 8.78 Å². The monoisotopic (exact) mass is 552 g/mol. The van der Waals surface area contributed by atoms with E-state index in [-0.39, 0.29) is 36.1 Å². The van der Waals surface area contributed by atoms with Crippen LogP contribution >= 0.6 is 0 Å². The third-order valence-electron chi connectivity index (χ3n) is 7.45. The van der Waals surface area contributed by atoms with Gasteiger partial charge in [0.25, 0.3) is 0 Å². The number of ether oxygens (including phenoxy) is 3. The highest BCUT2D eigenvalue weighted by Crippen LogP contribution is 2.43. The Kier molecular flexibility index (Phi) is 9.14. The van der Waals surface area contributed by atoms with Crippen LogP contribution in [0.4, 0.5) is 8.78 Å². The maximum Gasteiger partial charge on any atom is 0.303 e. The molecule has 0 bridgehead atoms. The smallest absolute Gasteiger partial charge is 0.303 e. The van der Waals surface area contributed by atoms with Gasteiger partial charge >= 0.3 is 5.97 Å². The molecule has 1 aliphatic rings. The average molecular weight is 553 g/mol. The molecule has 214 valence electrons. The number of hydrogen-bond acceptors (Lipinski definition) is 4. The molecule has 1 aliphatic carbocycles. The van der Waals surface area contributed by atoms with Gasteiger partial charge in [-0.15, -0.1) is 0 Å². The second-order valence-corrected chi connectivity index (χ2v) is 11.7. The van der Waals surface area contributed by atoms with Crippen molar-refractivity contribution in [1.29, 1.82) is 0 Å². The van der Waals surface area contributed by atoms with Gasteiger partial charge in [0.2, 0.25) is 0 Å². The molecule has 1 saturated carbocycles. The molecule has 0 saturated heterocycles. The van der Waals surface area contributed by atoms with Crippen molar-refractivity contribution in [3.05, 3.63) is 82.9 Å². The molecule has 0 aromatic heterocycles. The van der Waals surface area contributed by atoms with E-state index in [1.54, 1.807) is 37.4 Å². The Morgan fingerprint density at radius 2 is 1.75 bits per heavy atom. The fraction of sp³-hybridized carbons (Fsp3) is 0.424. The van der Waals surface area contributed by atoms with Crippen molar-refractivity contribution in [2.45, 2.75) is 65.1 Å². The van der Waals surface area contributed by atoms with E-state index in [9.17, 15) is 9.90 Å². The Morgan fingerprint density at radius 1 is 1.00 bits per heavy atom. The van der Waals surface area contributed by atoms with Crippen molar-refractivity contribution in [2.24, 2.45) is 11.3 Å². The number of methoxy groups -OCH3 is 2. The van der Waals surface area contributed by atoms with Gasteiger partial charge in [-0.3, -0.25) is 4.79 Å². The van der Waals surface area contributed by atoms with Crippen LogP contribution in [0.15, 0.2) is 54.6 Å². The molecule has 0 aliphatic heterocycles. The van der Waals surface area contributed by atoms with E-state index in [4.69, 9.17) is 14.2 Å². The molecule has 4 rings (SSSR count). The Balaban J connectivity index is 1.66. The molecule has 2 atom stereocenters. The number of carbonyl (C=O) groups is 1. The summed E-state index contributed by atoms with van der Waals surface area (Å²) in [6.45, 7) is 6.21. The first-order valence-electron chi connectivity index (χ1n) is 13.6. The zero-order chi connectivity index (χ0) is 29.0. The number of benzene rings is 3. The lowest BCUT2D eigenvalue weighted by molar-refractivity contribution is -0.137. The van der Waals surface area contributed by atoms with Gasteiger partial charge in [0.1, 0.15) is 18.2 Å². The summed E-state index contributed by atoms with van der Waals surface area (Å²) in [7, 11) is 3.16. The third-order valence-corrected chi connectivity index (χ3v) is 7.45. The lowest BCUT2D eigenvalue weighted by Gasteiger charge is -2.32. The Bertz CT molecular complexity index is 1340. The lowest BCUT2D eigenvalue weighted by Crippen LogP contribution is -2.21. The molecular weight excluding hydrogens is 514 g/mol. The minimum Gasteiger partial charge on any atom is -0.497 e. The molecular formula is C33H38F2O5.